The second-order valence-electron chi connectivity index (χ2n) is 8.11. The number of imidazole rings is 1. The number of ether oxygens (including phenoxy) is 1. The number of hydrogen-bond acceptors (Lipinski definition) is 3. The number of carbonyl (C=O) groups is 1. The summed E-state index contributed by atoms with van der Waals surface area (Å²) in [5.41, 5.74) is 5.26. The Morgan fingerprint density at radius 2 is 1.90 bits per heavy atom. The topological polar surface area (TPSA) is 56.2 Å². The molecule has 0 aliphatic heterocycles. The molecule has 3 aromatic rings. The van der Waals surface area contributed by atoms with Crippen LogP contribution < -0.4 is 10.1 Å². The number of aromatic nitrogens is 2. The number of unbranched alkanes of at least 4 members (excludes halogenated alkanes) is 1. The van der Waals surface area contributed by atoms with Gasteiger partial charge < -0.3 is 14.6 Å². The lowest BCUT2D eigenvalue weighted by atomic mass is 10.1. The fourth-order valence-corrected chi connectivity index (χ4v) is 3.53. The first-order valence-corrected chi connectivity index (χ1v) is 11.0. The van der Waals surface area contributed by atoms with E-state index in [-0.39, 0.29) is 5.91 Å². The number of hydrogen-bond donors (Lipinski definition) is 1. The minimum atomic E-state index is -0.0859. The summed E-state index contributed by atoms with van der Waals surface area (Å²) in [6.07, 6.45) is 3.67. The third-order valence-corrected chi connectivity index (χ3v) is 5.51. The van der Waals surface area contributed by atoms with Crippen molar-refractivity contribution in [2.45, 2.75) is 53.0 Å². The first kappa shape index (κ1) is 22.6. The smallest absolute Gasteiger partial charge is 0.246 e. The highest BCUT2D eigenvalue weighted by molar-refractivity contribution is 5.92. The standard InChI is InChI=1S/C26H33N3O2/c1-19(2)26(30)27-15-9-12-25-28-23-10-5-6-11-24(23)29(25)16-7-8-17-31-22-14-13-20(3)21(4)18-22/h5-6,10-11,13-14,18H,1,7-9,12,15-17H2,2-4H3,(H,27,30). The van der Waals surface area contributed by atoms with Gasteiger partial charge in [-0.3, -0.25) is 4.79 Å². The number of rotatable bonds is 11. The van der Waals surface area contributed by atoms with Crippen LogP contribution >= 0.6 is 0 Å². The molecule has 0 saturated heterocycles. The Labute approximate surface area is 185 Å². The molecule has 1 aromatic heterocycles. The summed E-state index contributed by atoms with van der Waals surface area (Å²) in [5, 5.41) is 2.90. The molecule has 1 N–H and O–H groups in total. The lowest BCUT2D eigenvalue weighted by Crippen LogP contribution is -2.25. The molecule has 1 amide bonds. The largest absolute Gasteiger partial charge is 0.494 e. The Morgan fingerprint density at radius 3 is 2.68 bits per heavy atom. The molecule has 0 aliphatic rings. The first-order chi connectivity index (χ1) is 15.0. The van der Waals surface area contributed by atoms with Crippen LogP contribution in [0.3, 0.4) is 0 Å². The Hall–Kier alpha value is -3.08. The Morgan fingerprint density at radius 1 is 1.10 bits per heavy atom. The molecule has 0 saturated carbocycles. The minimum Gasteiger partial charge on any atom is -0.494 e. The van der Waals surface area contributed by atoms with Crippen molar-refractivity contribution in [2.24, 2.45) is 0 Å². The summed E-state index contributed by atoms with van der Waals surface area (Å²) in [7, 11) is 0. The molecule has 3 rings (SSSR count). The molecule has 0 radical (unpaired) electrons. The van der Waals surface area contributed by atoms with Crippen molar-refractivity contribution in [2.75, 3.05) is 13.2 Å². The highest BCUT2D eigenvalue weighted by Gasteiger charge is 2.10. The average Bonchev–Trinajstić information content (AvgIpc) is 3.10. The number of aryl methyl sites for hydroxylation is 4. The number of amides is 1. The lowest BCUT2D eigenvalue weighted by molar-refractivity contribution is -0.117. The van der Waals surface area contributed by atoms with Gasteiger partial charge in [-0.05, 0) is 75.4 Å². The van der Waals surface area contributed by atoms with Crippen LogP contribution in [0.25, 0.3) is 11.0 Å². The van der Waals surface area contributed by atoms with E-state index in [9.17, 15) is 4.79 Å². The summed E-state index contributed by atoms with van der Waals surface area (Å²) >= 11 is 0. The maximum atomic E-state index is 11.7. The maximum Gasteiger partial charge on any atom is 0.246 e. The van der Waals surface area contributed by atoms with E-state index >= 15 is 0 Å². The van der Waals surface area contributed by atoms with Gasteiger partial charge >= 0.3 is 0 Å². The van der Waals surface area contributed by atoms with Crippen molar-refractivity contribution in [3.05, 3.63) is 71.6 Å². The van der Waals surface area contributed by atoms with Crippen molar-refractivity contribution in [3.63, 3.8) is 0 Å². The van der Waals surface area contributed by atoms with Gasteiger partial charge in [0.25, 0.3) is 0 Å². The Bertz CT molecular complexity index is 1050. The number of fused-ring (bicyclic) bond motifs is 1. The van der Waals surface area contributed by atoms with Gasteiger partial charge in [0, 0.05) is 25.1 Å². The van der Waals surface area contributed by atoms with Crippen LogP contribution in [-0.2, 0) is 17.8 Å². The molecule has 1 heterocycles. The van der Waals surface area contributed by atoms with Gasteiger partial charge in [0.1, 0.15) is 11.6 Å². The Balaban J connectivity index is 1.53. The molecule has 0 atom stereocenters. The second kappa shape index (κ2) is 10.8. The highest BCUT2D eigenvalue weighted by atomic mass is 16.5. The third kappa shape index (κ3) is 6.20. The second-order valence-corrected chi connectivity index (χ2v) is 8.11. The van der Waals surface area contributed by atoms with E-state index in [0.717, 1.165) is 49.3 Å². The molecular formula is C26H33N3O2. The number of benzene rings is 2. The van der Waals surface area contributed by atoms with E-state index in [4.69, 9.17) is 9.72 Å². The molecule has 31 heavy (non-hydrogen) atoms. The summed E-state index contributed by atoms with van der Waals surface area (Å²) in [5.74, 6) is 1.92. The van der Waals surface area contributed by atoms with Gasteiger partial charge in [-0.15, -0.1) is 0 Å². The molecule has 2 aromatic carbocycles. The molecule has 0 fully saturated rings. The third-order valence-electron chi connectivity index (χ3n) is 5.51. The lowest BCUT2D eigenvalue weighted by Gasteiger charge is -2.11. The van der Waals surface area contributed by atoms with E-state index in [2.05, 4.69) is 60.6 Å². The molecule has 0 aliphatic carbocycles. The predicted molar refractivity (Wildman–Crippen MR) is 127 cm³/mol. The number of carbonyl (C=O) groups excluding carboxylic acids is 1. The van der Waals surface area contributed by atoms with Crippen LogP contribution in [0.5, 0.6) is 5.75 Å². The van der Waals surface area contributed by atoms with Gasteiger partial charge in [-0.2, -0.15) is 0 Å². The van der Waals surface area contributed by atoms with E-state index in [0.29, 0.717) is 18.7 Å². The van der Waals surface area contributed by atoms with Crippen molar-refractivity contribution in [1.29, 1.82) is 0 Å². The van der Waals surface area contributed by atoms with Crippen molar-refractivity contribution >= 4 is 16.9 Å². The Kier molecular flexibility index (Phi) is 7.88. The molecule has 5 nitrogen and oxygen atoms in total. The van der Waals surface area contributed by atoms with Crippen LogP contribution in [-0.4, -0.2) is 28.6 Å². The minimum absolute atomic E-state index is 0.0859. The zero-order valence-corrected chi connectivity index (χ0v) is 18.9. The van der Waals surface area contributed by atoms with Crippen molar-refractivity contribution in [3.8, 4) is 5.75 Å². The van der Waals surface area contributed by atoms with Crippen LogP contribution in [0.15, 0.2) is 54.6 Å². The van der Waals surface area contributed by atoms with Crippen LogP contribution in [0, 0.1) is 13.8 Å². The van der Waals surface area contributed by atoms with E-state index in [1.54, 1.807) is 6.92 Å². The monoisotopic (exact) mass is 419 g/mol. The van der Waals surface area contributed by atoms with E-state index < -0.39 is 0 Å². The van der Waals surface area contributed by atoms with Crippen LogP contribution in [0.1, 0.15) is 43.1 Å². The molecule has 0 spiro atoms. The molecule has 5 heteroatoms. The summed E-state index contributed by atoms with van der Waals surface area (Å²) < 4.78 is 8.24. The zero-order valence-electron chi connectivity index (χ0n) is 18.9. The fraction of sp³-hybridized carbons (Fsp3) is 0.385. The van der Waals surface area contributed by atoms with E-state index in [1.807, 2.05) is 12.1 Å². The normalized spacial score (nSPS) is 10.9. The highest BCUT2D eigenvalue weighted by Crippen LogP contribution is 2.19. The van der Waals surface area contributed by atoms with E-state index in [1.165, 1.54) is 16.6 Å². The van der Waals surface area contributed by atoms with Crippen molar-refractivity contribution < 1.29 is 9.53 Å². The van der Waals surface area contributed by atoms with Gasteiger partial charge in [-0.1, -0.05) is 24.8 Å². The number of para-hydroxylation sites is 2. The fourth-order valence-electron chi connectivity index (χ4n) is 3.53. The molecule has 0 unspecified atom stereocenters. The van der Waals surface area contributed by atoms with Crippen LogP contribution in [0.2, 0.25) is 0 Å². The molecule has 164 valence electrons. The maximum absolute atomic E-state index is 11.7. The quantitative estimate of drug-likeness (QED) is 0.346. The van der Waals surface area contributed by atoms with Crippen LogP contribution in [0.4, 0.5) is 0 Å². The number of nitrogens with one attached hydrogen (secondary N) is 1. The van der Waals surface area contributed by atoms with Gasteiger partial charge in [0.15, 0.2) is 0 Å². The summed E-state index contributed by atoms with van der Waals surface area (Å²) in [6.45, 7) is 11.9. The SMILES string of the molecule is C=C(C)C(=O)NCCCc1nc2ccccc2n1CCCCOc1ccc(C)c(C)c1. The molecule has 0 bridgehead atoms. The van der Waals surface area contributed by atoms with Gasteiger partial charge in [0.05, 0.1) is 17.6 Å². The van der Waals surface area contributed by atoms with Gasteiger partial charge in [0.2, 0.25) is 5.91 Å². The number of nitrogens with zero attached hydrogens (tertiary/aromatic N) is 2. The summed E-state index contributed by atoms with van der Waals surface area (Å²) in [4.78, 5) is 16.5. The molecular weight excluding hydrogens is 386 g/mol. The average molecular weight is 420 g/mol. The zero-order chi connectivity index (χ0) is 22.2. The predicted octanol–water partition coefficient (Wildman–Crippen LogP) is 5.14. The van der Waals surface area contributed by atoms with Crippen molar-refractivity contribution in [1.82, 2.24) is 14.9 Å². The first-order valence-electron chi connectivity index (χ1n) is 11.0. The van der Waals surface area contributed by atoms with Gasteiger partial charge in [-0.25, -0.2) is 4.98 Å². The summed E-state index contributed by atoms with van der Waals surface area (Å²) in [6, 6.07) is 14.5.